The van der Waals surface area contributed by atoms with Crippen molar-refractivity contribution < 1.29 is 31.6 Å². The van der Waals surface area contributed by atoms with Crippen molar-refractivity contribution in [3.05, 3.63) is 14.9 Å². The molecule has 0 saturated carbocycles. The van der Waals surface area contributed by atoms with E-state index in [1.165, 1.54) is 0 Å². The van der Waals surface area contributed by atoms with E-state index in [-0.39, 0.29) is 48.8 Å². The van der Waals surface area contributed by atoms with E-state index in [9.17, 15) is 5.11 Å². The van der Waals surface area contributed by atoms with Crippen molar-refractivity contribution >= 4 is 0 Å². The molecule has 0 aliphatic carbocycles. The number of hydrogen-bond acceptors (Lipinski definition) is 2. The van der Waals surface area contributed by atoms with Crippen LogP contribution in [0, 0.1) is 14.9 Å². The summed E-state index contributed by atoms with van der Waals surface area (Å²) in [6.07, 6.45) is 5.27. The fourth-order valence-electron chi connectivity index (χ4n) is 1.51. The third-order valence-electron chi connectivity index (χ3n) is 2.25. The number of aliphatic hydroxyl groups is 1. The second kappa shape index (κ2) is 11.7. The molecule has 2 nitrogen and oxygen atoms in total. The van der Waals surface area contributed by atoms with Crippen molar-refractivity contribution in [3.8, 4) is 0 Å². The van der Waals surface area contributed by atoms with E-state index < -0.39 is 0 Å². The van der Waals surface area contributed by atoms with Crippen LogP contribution >= 0.6 is 0 Å². The van der Waals surface area contributed by atoms with Crippen LogP contribution in [0.1, 0.15) is 39.0 Å². The van der Waals surface area contributed by atoms with Crippen LogP contribution in [0.5, 0.6) is 0 Å². The van der Waals surface area contributed by atoms with Gasteiger partial charge in [-0.1, -0.05) is 19.8 Å². The summed E-state index contributed by atoms with van der Waals surface area (Å²) < 4.78 is 5.36. The van der Waals surface area contributed by atoms with Gasteiger partial charge in [-0.25, -0.2) is 0 Å². The van der Waals surface area contributed by atoms with Gasteiger partial charge >= 0.3 is 21.7 Å². The van der Waals surface area contributed by atoms with Crippen LogP contribution in [0.15, 0.2) is 0 Å². The van der Waals surface area contributed by atoms with Crippen molar-refractivity contribution in [1.29, 1.82) is 0 Å². The summed E-state index contributed by atoms with van der Waals surface area (Å²) in [5.74, 6) is 0. The monoisotopic (exact) mass is 236 g/mol. The first-order valence-electron chi connectivity index (χ1n) is 4.64. The normalized spacial score (nSPS) is 21.4. The van der Waals surface area contributed by atoms with E-state index >= 15 is 0 Å². The molecule has 1 N–H and O–H groups in total. The molecule has 14 heavy (non-hydrogen) atoms. The third kappa shape index (κ3) is 7.00. The van der Waals surface area contributed by atoms with Gasteiger partial charge in [0.05, 0.1) is 12.2 Å². The molecule has 1 saturated heterocycles. The fourth-order valence-corrected chi connectivity index (χ4v) is 1.51. The Labute approximate surface area is 104 Å². The van der Waals surface area contributed by atoms with Gasteiger partial charge in [0.1, 0.15) is 0 Å². The zero-order valence-electron chi connectivity index (χ0n) is 9.75. The molecule has 2 atom stereocenters. The predicted octanol–water partition coefficient (Wildman–Crippen LogP) is 2.61. The topological polar surface area (TPSA) is 29.5 Å². The number of unbranched alkanes of at least 4 members (excludes halogenated alkanes) is 1. The maximum absolute atomic E-state index is 9.56. The van der Waals surface area contributed by atoms with Crippen molar-refractivity contribution in [1.82, 2.24) is 0 Å². The minimum atomic E-state index is -0.211. The van der Waals surface area contributed by atoms with Crippen molar-refractivity contribution in [3.63, 3.8) is 0 Å². The summed E-state index contributed by atoms with van der Waals surface area (Å²) in [6, 6.07) is 0. The van der Waals surface area contributed by atoms with Gasteiger partial charge in [0, 0.05) is 6.61 Å². The molecule has 84 valence electrons. The zero-order valence-corrected chi connectivity index (χ0v) is 11.3. The molecule has 0 bridgehead atoms. The van der Waals surface area contributed by atoms with Gasteiger partial charge in [0.15, 0.2) is 0 Å². The summed E-state index contributed by atoms with van der Waals surface area (Å²) in [7, 11) is 0. The molecular formula is C11H24O2Ti. The molecular weight excluding hydrogens is 212 g/mol. The molecule has 2 unspecified atom stereocenters. The van der Waals surface area contributed by atoms with Gasteiger partial charge in [-0.2, -0.15) is 0 Å². The average Bonchev–Trinajstić information content (AvgIpc) is 2.52. The molecule has 1 aliphatic heterocycles. The number of aliphatic hydroxyl groups excluding tert-OH is 1. The van der Waals surface area contributed by atoms with Crippen LogP contribution in [0.3, 0.4) is 0 Å². The van der Waals surface area contributed by atoms with Crippen LogP contribution in [-0.4, -0.2) is 23.9 Å². The first-order chi connectivity index (χ1) is 5.34. The summed E-state index contributed by atoms with van der Waals surface area (Å²) in [5, 5.41) is 9.56. The molecule has 0 aromatic heterocycles. The Balaban J connectivity index is -0.000000403. The van der Waals surface area contributed by atoms with E-state index in [2.05, 4.69) is 6.92 Å². The third-order valence-corrected chi connectivity index (χ3v) is 2.25. The summed E-state index contributed by atoms with van der Waals surface area (Å²) >= 11 is 0. The molecule has 0 aromatic carbocycles. The fraction of sp³-hybridized carbons (Fsp3) is 0.818. The van der Waals surface area contributed by atoms with Crippen molar-refractivity contribution in [2.24, 2.45) is 0 Å². The van der Waals surface area contributed by atoms with Crippen LogP contribution in [0.25, 0.3) is 0 Å². The summed E-state index contributed by atoms with van der Waals surface area (Å²) in [6.45, 7) is 2.98. The Kier molecular flexibility index (Phi) is 16.8. The van der Waals surface area contributed by atoms with Crippen molar-refractivity contribution in [2.45, 2.75) is 51.2 Å². The van der Waals surface area contributed by atoms with E-state index in [0.717, 1.165) is 38.7 Å². The Bertz CT molecular complexity index is 103. The SMILES string of the molecule is CCCCC(O)C1CCCO1.[CH3-].[CH3-].[Ti+2]. The molecule has 0 amide bonds. The summed E-state index contributed by atoms with van der Waals surface area (Å²) in [5.41, 5.74) is 0. The van der Waals surface area contributed by atoms with Crippen LogP contribution in [0.2, 0.25) is 0 Å². The van der Waals surface area contributed by atoms with Gasteiger partial charge in [0.25, 0.3) is 0 Å². The van der Waals surface area contributed by atoms with Crippen LogP contribution < -0.4 is 0 Å². The molecule has 0 radical (unpaired) electrons. The number of hydrogen-bond donors (Lipinski definition) is 1. The Hall–Kier alpha value is 0.634. The number of rotatable bonds is 4. The minimum Gasteiger partial charge on any atom is -0.390 e. The largest absolute Gasteiger partial charge is 2.00 e. The molecule has 1 heterocycles. The smallest absolute Gasteiger partial charge is 0.390 e. The standard InChI is InChI=1S/C9H18O2.2CH3.Ti/c1-2-3-5-8(10)9-6-4-7-11-9;;;/h8-10H,2-7H2,1H3;2*1H3;/q;2*-1;+2. The molecule has 1 fully saturated rings. The maximum Gasteiger partial charge on any atom is 2.00 e. The average molecular weight is 236 g/mol. The molecule has 1 rings (SSSR count). The van der Waals surface area contributed by atoms with Crippen LogP contribution in [0.4, 0.5) is 0 Å². The van der Waals surface area contributed by atoms with E-state index in [1.807, 2.05) is 0 Å². The Morgan fingerprint density at radius 1 is 1.43 bits per heavy atom. The Morgan fingerprint density at radius 2 is 2.07 bits per heavy atom. The van der Waals surface area contributed by atoms with Gasteiger partial charge in [-0.05, 0) is 19.3 Å². The van der Waals surface area contributed by atoms with E-state index in [0.29, 0.717) is 0 Å². The van der Waals surface area contributed by atoms with E-state index in [4.69, 9.17) is 4.74 Å². The van der Waals surface area contributed by atoms with Gasteiger partial charge in [-0.3, -0.25) is 0 Å². The molecule has 0 aromatic rings. The summed E-state index contributed by atoms with van der Waals surface area (Å²) in [4.78, 5) is 0. The maximum atomic E-state index is 9.56. The van der Waals surface area contributed by atoms with E-state index in [1.54, 1.807) is 0 Å². The molecule has 0 spiro atoms. The first kappa shape index (κ1) is 20.1. The van der Waals surface area contributed by atoms with Crippen LogP contribution in [-0.2, 0) is 26.5 Å². The van der Waals surface area contributed by atoms with Crippen molar-refractivity contribution in [2.75, 3.05) is 6.61 Å². The Morgan fingerprint density at radius 3 is 2.50 bits per heavy atom. The van der Waals surface area contributed by atoms with Gasteiger partial charge in [-0.15, -0.1) is 0 Å². The second-order valence-corrected chi connectivity index (χ2v) is 3.26. The van der Waals surface area contributed by atoms with Gasteiger partial charge in [0.2, 0.25) is 0 Å². The zero-order chi connectivity index (χ0) is 8.10. The minimum absolute atomic E-state index is 0. The molecule has 1 aliphatic rings. The first-order valence-corrected chi connectivity index (χ1v) is 4.64. The number of ether oxygens (including phenoxy) is 1. The second-order valence-electron chi connectivity index (χ2n) is 3.26. The quantitative estimate of drug-likeness (QED) is 0.600. The predicted molar refractivity (Wildman–Crippen MR) is 57.3 cm³/mol. The molecule has 3 heteroatoms. The van der Waals surface area contributed by atoms with Gasteiger partial charge < -0.3 is 24.7 Å².